The summed E-state index contributed by atoms with van der Waals surface area (Å²) < 4.78 is 0. The van der Waals surface area contributed by atoms with Crippen molar-refractivity contribution in [2.45, 2.75) is 30.0 Å². The second kappa shape index (κ2) is 6.42. The molecule has 2 atom stereocenters. The van der Waals surface area contributed by atoms with Crippen LogP contribution in [-0.4, -0.2) is 17.2 Å². The van der Waals surface area contributed by atoms with Crippen molar-refractivity contribution in [2.75, 3.05) is 0 Å². The van der Waals surface area contributed by atoms with Crippen LogP contribution < -0.4 is 16.8 Å². The number of benzene rings is 1. The maximum absolute atomic E-state index is 11.5. The van der Waals surface area contributed by atoms with E-state index in [9.17, 15) is 9.59 Å². The number of hydrogen-bond acceptors (Lipinski definition) is 4. The summed E-state index contributed by atoms with van der Waals surface area (Å²) in [6.07, 6.45) is 0. The number of imide groups is 1. The van der Waals surface area contributed by atoms with E-state index in [4.69, 9.17) is 11.5 Å². The van der Waals surface area contributed by atoms with E-state index in [0.29, 0.717) is 0 Å². The maximum Gasteiger partial charge on any atom is 0.318 e. The molecule has 0 aromatic heterocycles. The van der Waals surface area contributed by atoms with Gasteiger partial charge in [-0.05, 0) is 31.5 Å². The van der Waals surface area contributed by atoms with E-state index in [1.165, 1.54) is 11.8 Å². The van der Waals surface area contributed by atoms with Crippen LogP contribution in [0.4, 0.5) is 4.79 Å². The molecule has 0 aliphatic carbocycles. The fourth-order valence-electron chi connectivity index (χ4n) is 1.33. The highest BCUT2D eigenvalue weighted by Crippen LogP contribution is 2.24. The van der Waals surface area contributed by atoms with E-state index >= 15 is 0 Å². The van der Waals surface area contributed by atoms with Crippen molar-refractivity contribution < 1.29 is 9.59 Å². The Morgan fingerprint density at radius 3 is 2.22 bits per heavy atom. The first-order valence-corrected chi connectivity index (χ1v) is 6.40. The summed E-state index contributed by atoms with van der Waals surface area (Å²) in [7, 11) is 0. The molecule has 1 aromatic carbocycles. The number of nitrogens with one attached hydrogen (secondary N) is 1. The smallest absolute Gasteiger partial charge is 0.318 e. The van der Waals surface area contributed by atoms with Crippen LogP contribution in [0, 0.1) is 0 Å². The van der Waals surface area contributed by atoms with Gasteiger partial charge in [-0.25, -0.2) is 4.79 Å². The minimum atomic E-state index is -0.834. The lowest BCUT2D eigenvalue weighted by molar-refractivity contribution is -0.119. The molecule has 0 saturated heterocycles. The van der Waals surface area contributed by atoms with Crippen molar-refractivity contribution in [3.8, 4) is 0 Å². The number of urea groups is 1. The summed E-state index contributed by atoms with van der Waals surface area (Å²) in [5.41, 5.74) is 11.7. The van der Waals surface area contributed by atoms with Gasteiger partial charge in [-0.15, -0.1) is 11.8 Å². The van der Waals surface area contributed by atoms with Gasteiger partial charge in [0.2, 0.25) is 5.91 Å². The van der Waals surface area contributed by atoms with E-state index in [1.807, 2.05) is 31.2 Å². The average Bonchev–Trinajstić information content (AvgIpc) is 2.28. The van der Waals surface area contributed by atoms with Crippen LogP contribution in [0.5, 0.6) is 0 Å². The predicted octanol–water partition coefficient (Wildman–Crippen LogP) is 1.38. The Morgan fingerprint density at radius 1 is 1.22 bits per heavy atom. The molecule has 0 bridgehead atoms. The molecule has 3 amide bonds. The quantitative estimate of drug-likeness (QED) is 0.718. The third-order valence-corrected chi connectivity index (χ3v) is 3.45. The molecule has 0 heterocycles. The van der Waals surface area contributed by atoms with Gasteiger partial charge < -0.3 is 11.5 Å². The Kier molecular flexibility index (Phi) is 5.18. The molecule has 98 valence electrons. The van der Waals surface area contributed by atoms with Gasteiger partial charge in [0.05, 0.1) is 5.25 Å². The molecule has 1 rings (SSSR count). The molecule has 18 heavy (non-hydrogen) atoms. The lowest BCUT2D eigenvalue weighted by Gasteiger charge is -2.11. The van der Waals surface area contributed by atoms with Crippen LogP contribution in [-0.2, 0) is 4.79 Å². The third-order valence-electron chi connectivity index (χ3n) is 2.33. The number of rotatable bonds is 4. The Labute approximate surface area is 110 Å². The molecule has 5 nitrogen and oxygen atoms in total. The van der Waals surface area contributed by atoms with Gasteiger partial charge in [0.1, 0.15) is 0 Å². The molecule has 1 aromatic rings. The second-order valence-corrected chi connectivity index (χ2v) is 5.39. The molecule has 6 heteroatoms. The molecule has 2 unspecified atom stereocenters. The SMILES string of the molecule is CC(Sc1ccc(C(C)N)cc1)C(=O)NC(N)=O. The average molecular weight is 267 g/mol. The summed E-state index contributed by atoms with van der Waals surface area (Å²) in [6, 6.07) is 6.80. The molecule has 5 N–H and O–H groups in total. The molecule has 0 fully saturated rings. The number of primary amides is 1. The van der Waals surface area contributed by atoms with E-state index in [-0.39, 0.29) is 6.04 Å². The first-order chi connectivity index (χ1) is 8.40. The Morgan fingerprint density at radius 2 is 1.78 bits per heavy atom. The summed E-state index contributed by atoms with van der Waals surface area (Å²) in [5.74, 6) is -0.399. The van der Waals surface area contributed by atoms with Crippen molar-refractivity contribution in [2.24, 2.45) is 11.5 Å². The van der Waals surface area contributed by atoms with E-state index < -0.39 is 17.2 Å². The van der Waals surface area contributed by atoms with Gasteiger partial charge >= 0.3 is 6.03 Å². The summed E-state index contributed by atoms with van der Waals surface area (Å²) in [4.78, 5) is 23.0. The second-order valence-electron chi connectivity index (χ2n) is 3.97. The molecular formula is C12H17N3O2S. The van der Waals surface area contributed by atoms with E-state index in [2.05, 4.69) is 5.32 Å². The van der Waals surface area contributed by atoms with Gasteiger partial charge in [0.25, 0.3) is 0 Å². The number of nitrogens with two attached hydrogens (primary N) is 2. The molecule has 0 radical (unpaired) electrons. The lowest BCUT2D eigenvalue weighted by atomic mass is 10.1. The van der Waals surface area contributed by atoms with Gasteiger partial charge in [-0.3, -0.25) is 10.1 Å². The fourth-order valence-corrected chi connectivity index (χ4v) is 2.20. The van der Waals surface area contributed by atoms with E-state index in [0.717, 1.165) is 10.5 Å². The summed E-state index contributed by atoms with van der Waals surface area (Å²) >= 11 is 1.35. The van der Waals surface area contributed by atoms with Crippen molar-refractivity contribution in [1.82, 2.24) is 5.32 Å². The Hall–Kier alpha value is -1.53. The molecular weight excluding hydrogens is 250 g/mol. The van der Waals surface area contributed by atoms with Crippen molar-refractivity contribution >= 4 is 23.7 Å². The van der Waals surface area contributed by atoms with Crippen LogP contribution in [0.1, 0.15) is 25.5 Å². The van der Waals surface area contributed by atoms with Crippen LogP contribution in [0.25, 0.3) is 0 Å². The lowest BCUT2D eigenvalue weighted by Crippen LogP contribution is -2.39. The topological polar surface area (TPSA) is 98.2 Å². The molecule has 0 saturated carbocycles. The van der Waals surface area contributed by atoms with Crippen LogP contribution in [0.3, 0.4) is 0 Å². The largest absolute Gasteiger partial charge is 0.351 e. The van der Waals surface area contributed by atoms with Crippen molar-refractivity contribution in [3.05, 3.63) is 29.8 Å². The monoisotopic (exact) mass is 267 g/mol. The first-order valence-electron chi connectivity index (χ1n) is 5.52. The third kappa shape index (κ3) is 4.38. The standard InChI is InChI=1S/C12H17N3O2S/c1-7(13)9-3-5-10(6-4-9)18-8(2)11(16)15-12(14)17/h3-8H,13H2,1-2H3,(H3,14,15,16,17). The number of carbonyl (C=O) groups is 2. The predicted molar refractivity (Wildman–Crippen MR) is 72.1 cm³/mol. The molecule has 0 spiro atoms. The maximum atomic E-state index is 11.5. The van der Waals surface area contributed by atoms with Crippen molar-refractivity contribution in [1.29, 1.82) is 0 Å². The minimum Gasteiger partial charge on any atom is -0.351 e. The zero-order valence-corrected chi connectivity index (χ0v) is 11.2. The van der Waals surface area contributed by atoms with Gasteiger partial charge in [0, 0.05) is 10.9 Å². The fraction of sp³-hybridized carbons (Fsp3) is 0.333. The first kappa shape index (κ1) is 14.5. The van der Waals surface area contributed by atoms with Crippen molar-refractivity contribution in [3.63, 3.8) is 0 Å². The Bertz CT molecular complexity index is 431. The number of thioether (sulfide) groups is 1. The Balaban J connectivity index is 2.61. The zero-order valence-electron chi connectivity index (χ0n) is 10.3. The highest BCUT2D eigenvalue weighted by atomic mass is 32.2. The van der Waals surface area contributed by atoms with Gasteiger partial charge in [-0.1, -0.05) is 12.1 Å². The minimum absolute atomic E-state index is 0.0142. The van der Waals surface area contributed by atoms with Gasteiger partial charge in [0.15, 0.2) is 0 Å². The van der Waals surface area contributed by atoms with Gasteiger partial charge in [-0.2, -0.15) is 0 Å². The van der Waals surface area contributed by atoms with Crippen LogP contribution in [0.2, 0.25) is 0 Å². The number of carbonyl (C=O) groups excluding carboxylic acids is 2. The zero-order chi connectivity index (χ0) is 13.7. The summed E-state index contributed by atoms with van der Waals surface area (Å²) in [5, 5.41) is 1.66. The highest BCUT2D eigenvalue weighted by molar-refractivity contribution is 8.00. The van der Waals surface area contributed by atoms with Crippen LogP contribution >= 0.6 is 11.8 Å². The number of hydrogen-bond donors (Lipinski definition) is 3. The van der Waals surface area contributed by atoms with Crippen LogP contribution in [0.15, 0.2) is 29.2 Å². The normalized spacial score (nSPS) is 13.7. The number of amides is 3. The summed E-state index contributed by atoms with van der Waals surface area (Å²) in [6.45, 7) is 3.62. The molecule has 0 aliphatic heterocycles. The highest BCUT2D eigenvalue weighted by Gasteiger charge is 2.15. The van der Waals surface area contributed by atoms with E-state index in [1.54, 1.807) is 6.92 Å². The molecule has 0 aliphatic rings.